The Bertz CT molecular complexity index is 818. The molecular formula is C22H26FN3O2. The summed E-state index contributed by atoms with van der Waals surface area (Å²) in [6, 6.07) is 14.2. The number of carbonyl (C=O) groups excluding carboxylic acids is 2. The summed E-state index contributed by atoms with van der Waals surface area (Å²) >= 11 is 0. The number of piperidine rings is 1. The number of nitrogens with one attached hydrogen (secondary N) is 2. The molecule has 1 fully saturated rings. The van der Waals surface area contributed by atoms with Crippen molar-refractivity contribution < 1.29 is 14.0 Å². The Kier molecular flexibility index (Phi) is 6.76. The predicted octanol–water partition coefficient (Wildman–Crippen LogP) is 2.64. The van der Waals surface area contributed by atoms with Crippen molar-refractivity contribution in [1.82, 2.24) is 15.5 Å². The highest BCUT2D eigenvalue weighted by Crippen LogP contribution is 2.12. The number of rotatable bonds is 6. The number of amides is 2. The van der Waals surface area contributed by atoms with Gasteiger partial charge in [-0.25, -0.2) is 4.39 Å². The second-order valence-corrected chi connectivity index (χ2v) is 7.25. The van der Waals surface area contributed by atoms with Crippen LogP contribution in [0.25, 0.3) is 0 Å². The zero-order valence-corrected chi connectivity index (χ0v) is 16.1. The molecule has 0 spiro atoms. The van der Waals surface area contributed by atoms with Crippen molar-refractivity contribution in [2.45, 2.75) is 32.4 Å². The molecule has 0 bridgehead atoms. The molecule has 3 rings (SSSR count). The van der Waals surface area contributed by atoms with Crippen molar-refractivity contribution in [3.05, 3.63) is 71.0 Å². The summed E-state index contributed by atoms with van der Waals surface area (Å²) < 4.78 is 13.3. The third-order valence-electron chi connectivity index (χ3n) is 5.04. The molecule has 2 amide bonds. The molecule has 0 atom stereocenters. The normalized spacial score (nSPS) is 15.2. The highest BCUT2D eigenvalue weighted by molar-refractivity contribution is 5.94. The summed E-state index contributed by atoms with van der Waals surface area (Å²) in [5.41, 5.74) is 2.13. The van der Waals surface area contributed by atoms with Crippen molar-refractivity contribution in [2.24, 2.45) is 0 Å². The van der Waals surface area contributed by atoms with Crippen molar-refractivity contribution >= 4 is 11.8 Å². The molecular weight excluding hydrogens is 357 g/mol. The van der Waals surface area contributed by atoms with E-state index in [2.05, 4.69) is 15.5 Å². The zero-order valence-electron chi connectivity index (χ0n) is 16.1. The fourth-order valence-electron chi connectivity index (χ4n) is 3.37. The van der Waals surface area contributed by atoms with Crippen LogP contribution < -0.4 is 10.6 Å². The number of nitrogens with zero attached hydrogens (tertiary/aromatic N) is 1. The number of likely N-dealkylation sites (tertiary alicyclic amines) is 1. The molecule has 1 aliphatic heterocycles. The Balaban J connectivity index is 1.38. The van der Waals surface area contributed by atoms with E-state index in [0.29, 0.717) is 24.2 Å². The topological polar surface area (TPSA) is 61.4 Å². The van der Waals surface area contributed by atoms with Crippen LogP contribution in [-0.2, 0) is 11.3 Å². The average molecular weight is 383 g/mol. The lowest BCUT2D eigenvalue weighted by atomic mass is 10.0. The molecule has 0 unspecified atom stereocenters. The lowest BCUT2D eigenvalue weighted by molar-refractivity contribution is -0.122. The van der Waals surface area contributed by atoms with Gasteiger partial charge in [-0.2, -0.15) is 0 Å². The van der Waals surface area contributed by atoms with Gasteiger partial charge in [0.25, 0.3) is 5.91 Å². The van der Waals surface area contributed by atoms with Gasteiger partial charge in [-0.3, -0.25) is 14.5 Å². The number of hydrogen-bond donors (Lipinski definition) is 2. The van der Waals surface area contributed by atoms with E-state index in [1.807, 2.05) is 18.2 Å². The Morgan fingerprint density at radius 2 is 1.82 bits per heavy atom. The summed E-state index contributed by atoms with van der Waals surface area (Å²) in [7, 11) is 0. The van der Waals surface area contributed by atoms with Crippen molar-refractivity contribution in [3.8, 4) is 0 Å². The Labute approximate surface area is 164 Å². The van der Waals surface area contributed by atoms with Crippen molar-refractivity contribution in [3.63, 3.8) is 0 Å². The monoisotopic (exact) mass is 383 g/mol. The molecule has 1 saturated heterocycles. The summed E-state index contributed by atoms with van der Waals surface area (Å²) in [6.45, 7) is 3.97. The van der Waals surface area contributed by atoms with Crippen LogP contribution in [-0.4, -0.2) is 42.4 Å². The number of carbonyl (C=O) groups is 2. The largest absolute Gasteiger partial charge is 0.351 e. The van der Waals surface area contributed by atoms with Gasteiger partial charge >= 0.3 is 0 Å². The number of benzene rings is 2. The SMILES string of the molecule is Cc1cc(CNC(=O)CN2CCC(NC(=O)c3ccccc3)CC2)ccc1F. The Morgan fingerprint density at radius 3 is 2.50 bits per heavy atom. The highest BCUT2D eigenvalue weighted by Gasteiger charge is 2.22. The van der Waals surface area contributed by atoms with Crippen LogP contribution in [0, 0.1) is 12.7 Å². The smallest absolute Gasteiger partial charge is 0.251 e. The van der Waals surface area contributed by atoms with E-state index in [-0.39, 0.29) is 23.7 Å². The molecule has 0 saturated carbocycles. The van der Waals surface area contributed by atoms with E-state index in [4.69, 9.17) is 0 Å². The van der Waals surface area contributed by atoms with Crippen LogP contribution in [0.1, 0.15) is 34.3 Å². The van der Waals surface area contributed by atoms with Gasteiger partial charge in [0.15, 0.2) is 0 Å². The molecule has 148 valence electrons. The van der Waals surface area contributed by atoms with E-state index >= 15 is 0 Å². The molecule has 2 aromatic carbocycles. The van der Waals surface area contributed by atoms with Crippen molar-refractivity contribution in [2.75, 3.05) is 19.6 Å². The molecule has 1 heterocycles. The van der Waals surface area contributed by atoms with Gasteiger partial charge in [0.1, 0.15) is 5.82 Å². The van der Waals surface area contributed by atoms with Gasteiger partial charge in [0, 0.05) is 31.2 Å². The van der Waals surface area contributed by atoms with Crippen LogP contribution in [0.4, 0.5) is 4.39 Å². The summed E-state index contributed by atoms with van der Waals surface area (Å²) in [4.78, 5) is 26.5. The minimum Gasteiger partial charge on any atom is -0.351 e. The van der Waals surface area contributed by atoms with Gasteiger partial charge in [-0.15, -0.1) is 0 Å². The molecule has 0 radical (unpaired) electrons. The maximum atomic E-state index is 13.3. The first-order valence-corrected chi connectivity index (χ1v) is 9.61. The van der Waals surface area contributed by atoms with E-state index < -0.39 is 0 Å². The second kappa shape index (κ2) is 9.46. The maximum Gasteiger partial charge on any atom is 0.251 e. The van der Waals surface area contributed by atoms with E-state index in [9.17, 15) is 14.0 Å². The first-order valence-electron chi connectivity index (χ1n) is 9.61. The Hall–Kier alpha value is -2.73. The minimum atomic E-state index is -0.239. The van der Waals surface area contributed by atoms with Gasteiger partial charge in [-0.05, 0) is 49.1 Å². The standard InChI is InChI=1S/C22H26FN3O2/c1-16-13-17(7-8-20(16)23)14-24-21(27)15-26-11-9-19(10-12-26)25-22(28)18-5-3-2-4-6-18/h2-8,13,19H,9-12,14-15H2,1H3,(H,24,27)(H,25,28). The van der Waals surface area contributed by atoms with Crippen LogP contribution in [0.5, 0.6) is 0 Å². The molecule has 2 N–H and O–H groups in total. The van der Waals surface area contributed by atoms with E-state index in [0.717, 1.165) is 31.5 Å². The number of hydrogen-bond acceptors (Lipinski definition) is 3. The molecule has 2 aromatic rings. The fraction of sp³-hybridized carbons (Fsp3) is 0.364. The fourth-order valence-corrected chi connectivity index (χ4v) is 3.37. The molecule has 1 aliphatic rings. The highest BCUT2D eigenvalue weighted by atomic mass is 19.1. The van der Waals surface area contributed by atoms with Crippen LogP contribution >= 0.6 is 0 Å². The second-order valence-electron chi connectivity index (χ2n) is 7.25. The van der Waals surface area contributed by atoms with E-state index in [1.54, 1.807) is 31.2 Å². The van der Waals surface area contributed by atoms with Gasteiger partial charge in [0.2, 0.25) is 5.91 Å². The first-order chi connectivity index (χ1) is 13.5. The van der Waals surface area contributed by atoms with Gasteiger partial charge in [0.05, 0.1) is 6.54 Å². The number of aryl methyl sites for hydroxylation is 1. The van der Waals surface area contributed by atoms with Crippen LogP contribution in [0.3, 0.4) is 0 Å². The summed E-state index contributed by atoms with van der Waals surface area (Å²) in [5.74, 6) is -0.336. The summed E-state index contributed by atoms with van der Waals surface area (Å²) in [6.07, 6.45) is 1.64. The minimum absolute atomic E-state index is 0.0475. The number of halogens is 1. The Morgan fingerprint density at radius 1 is 1.11 bits per heavy atom. The summed E-state index contributed by atoms with van der Waals surface area (Å²) in [5, 5.41) is 5.95. The lowest BCUT2D eigenvalue weighted by Gasteiger charge is -2.31. The molecule has 0 aliphatic carbocycles. The molecule has 5 nitrogen and oxygen atoms in total. The third-order valence-corrected chi connectivity index (χ3v) is 5.04. The zero-order chi connectivity index (χ0) is 19.9. The predicted molar refractivity (Wildman–Crippen MR) is 106 cm³/mol. The van der Waals surface area contributed by atoms with Crippen molar-refractivity contribution in [1.29, 1.82) is 0 Å². The van der Waals surface area contributed by atoms with Crippen LogP contribution in [0.2, 0.25) is 0 Å². The van der Waals surface area contributed by atoms with Crippen LogP contribution in [0.15, 0.2) is 48.5 Å². The first kappa shape index (κ1) is 20.0. The lowest BCUT2D eigenvalue weighted by Crippen LogP contribution is -2.47. The third kappa shape index (κ3) is 5.63. The maximum absolute atomic E-state index is 13.3. The molecule has 28 heavy (non-hydrogen) atoms. The average Bonchev–Trinajstić information content (AvgIpc) is 2.71. The van der Waals surface area contributed by atoms with E-state index in [1.165, 1.54) is 6.07 Å². The van der Waals surface area contributed by atoms with Gasteiger partial charge < -0.3 is 10.6 Å². The quantitative estimate of drug-likeness (QED) is 0.806. The molecule has 6 heteroatoms. The molecule has 0 aromatic heterocycles. The van der Waals surface area contributed by atoms with Gasteiger partial charge in [-0.1, -0.05) is 30.3 Å².